The Morgan fingerprint density at radius 3 is 0.324 bits per heavy atom. The highest BCUT2D eigenvalue weighted by atomic mass is 80.0. The van der Waals surface area contributed by atoms with Crippen LogP contribution in [0.4, 0.5) is 0 Å². The molecule has 0 heterocycles. The molecule has 0 bridgehead atoms. The van der Waals surface area contributed by atoms with Gasteiger partial charge in [-0.1, -0.05) is 717 Å². The summed E-state index contributed by atoms with van der Waals surface area (Å²) in [6.07, 6.45) is 0. The summed E-state index contributed by atoms with van der Waals surface area (Å²) in [7, 11) is -4.90. The maximum Gasteiger partial charge on any atom is 0.293 e. The molecule has 0 saturated carbocycles. The molecule has 0 atom stereocenters. The minimum absolute atomic E-state index is 0.963. The Balaban J connectivity index is 8.20. The maximum absolute atomic E-state index is 12.8. The zero-order valence-electron chi connectivity index (χ0n) is 30.9. The molecule has 0 aromatic heterocycles. The van der Waals surface area contributed by atoms with Crippen LogP contribution in [0.5, 0.6) is 0 Å². The van der Waals surface area contributed by atoms with Gasteiger partial charge in [-0.2, -0.15) is 8.42 Å². The Kier molecular flexibility index (Phi) is 40.1. The summed E-state index contributed by atoms with van der Waals surface area (Å²) in [5.74, 6) is 0. The molecule has 51 heteroatoms. The maximum atomic E-state index is 12.8. The Bertz CT molecular complexity index is 2190. The fourth-order valence-electron chi connectivity index (χ4n) is 4.27. The van der Waals surface area contributed by atoms with Crippen LogP contribution in [0.25, 0.3) is 0 Å². The van der Waals surface area contributed by atoms with Gasteiger partial charge in [-0.05, 0) is 31.9 Å². The van der Waals surface area contributed by atoms with Crippen LogP contribution in [0.1, 0.15) is 0 Å². The van der Waals surface area contributed by atoms with Crippen LogP contribution in [0.3, 0.4) is 0 Å². The Morgan fingerprint density at radius 1 is 0.162 bits per heavy atom. The topological polar surface area (TPSA) is 54.4 Å². The summed E-state index contributed by atoms with van der Waals surface area (Å²) in [5, 5.41) is 0. The lowest BCUT2D eigenvalue weighted by Crippen LogP contribution is -2.74. The molecule has 0 fully saturated rings. The molecule has 0 rings (SSSR count). The smallest absolute Gasteiger partial charge is 0.284 e. The Labute approximate surface area is 822 Å². The highest BCUT2D eigenvalue weighted by molar-refractivity contribution is 9.44. The first-order valence-corrected chi connectivity index (χ1v) is 53.8. The summed E-state index contributed by atoms with van der Waals surface area (Å²) in [5.41, 5.74) is 0. The van der Waals surface area contributed by atoms with Crippen molar-refractivity contribution in [2.45, 2.75) is 72.6 Å². The molecule has 0 aliphatic carbocycles. The fraction of sp³-hybridized carbons (Fsp3) is 1.00. The lowest BCUT2D eigenvalue weighted by atomic mass is 10.0. The minimum Gasteiger partial charge on any atom is -0.284 e. The predicted molar refractivity (Wildman–Crippen MR) is 494 cm³/mol. The molecule has 0 spiro atoms. The summed E-state index contributed by atoms with van der Waals surface area (Å²) in [4.78, 5) is 0. The highest BCUT2D eigenvalue weighted by Gasteiger charge is 2.86. The zero-order chi connectivity index (χ0) is 62.0. The molecule has 0 aromatic rings. The van der Waals surface area contributed by atoms with Gasteiger partial charge in [0.2, 0.25) is 2.57 Å². The van der Waals surface area contributed by atoms with E-state index < -0.39 is 82.7 Å². The minimum atomic E-state index is -4.90. The van der Waals surface area contributed by atoms with Crippen LogP contribution < -0.4 is 0 Å². The molecular formula is C23HBr47O3S. The van der Waals surface area contributed by atoms with Crippen molar-refractivity contribution >= 4 is 759 Å². The van der Waals surface area contributed by atoms with E-state index >= 15 is 0 Å². The van der Waals surface area contributed by atoms with Crippen molar-refractivity contribution in [1.29, 1.82) is 0 Å². The SMILES string of the molecule is O=S(=O)(O)C(Br)(Br)C(Br)(Br)C(Br)(Br)C(Br)(Br)C(Br)(Br)C(Br)(Br)C(Br)(Br)C(Br)(Br)C(Br)(Br)C(Br)(Br)C(Br)(Br)C(Br)(Br)C(Br)(Br)C(Br)(Br)C(Br)(Br)C(Br)(Br)C(Br)(Br)C(Br)(Br)C(Br)(Br)C(Br)(Br)C(Br)(Br)C(Br)(Br)C(Br)(Br)Br. The van der Waals surface area contributed by atoms with Crippen molar-refractivity contribution in [3.8, 4) is 0 Å². The summed E-state index contributed by atoms with van der Waals surface area (Å²) >= 11 is 182. The third-order valence-corrected chi connectivity index (χ3v) is 114. The second-order valence-corrected chi connectivity index (χ2v) is 98.7. The van der Waals surface area contributed by atoms with Crippen molar-refractivity contribution in [3.05, 3.63) is 0 Å². The molecule has 0 saturated heterocycles. The molecule has 1 N–H and O–H groups in total. The summed E-state index contributed by atoms with van der Waals surface area (Å²) in [6, 6.07) is 0. The zero-order valence-corrected chi connectivity index (χ0v) is 106. The van der Waals surface area contributed by atoms with Gasteiger partial charge in [0.1, 0.15) is 67.9 Å². The van der Waals surface area contributed by atoms with E-state index in [1.165, 1.54) is 0 Å². The number of rotatable bonds is 22. The molecule has 0 amide bonds. The molecule has 0 radical (unpaired) electrons. The van der Waals surface area contributed by atoms with Crippen LogP contribution >= 0.6 is 749 Å². The van der Waals surface area contributed by atoms with E-state index in [0.29, 0.717) is 0 Å². The number of alkyl halides is 47. The van der Waals surface area contributed by atoms with E-state index in [2.05, 4.69) is 749 Å². The average molecular weight is 4110 g/mol. The first kappa shape index (κ1) is 96.5. The fourth-order valence-corrected chi connectivity index (χ4v) is 54.4. The van der Waals surface area contributed by atoms with Crippen LogP contribution in [-0.4, -0.2) is 85.6 Å². The first-order chi connectivity index (χ1) is 30.8. The Hall–Kier alpha value is 22.5. The van der Waals surface area contributed by atoms with Gasteiger partial charge >= 0.3 is 0 Å². The normalized spacial score (nSPS) is 17.6. The summed E-state index contributed by atoms with van der Waals surface area (Å²) in [6.45, 7) is 0. The monoisotopic (exact) mass is 4070 g/mol. The number of hydrogen-bond acceptors (Lipinski definition) is 2. The summed E-state index contributed by atoms with van der Waals surface area (Å²) < 4.78 is 1.45. The molecule has 0 aliphatic rings. The van der Waals surface area contributed by atoms with Gasteiger partial charge in [-0.15, -0.1) is 0 Å². The van der Waals surface area contributed by atoms with Gasteiger partial charge in [0.25, 0.3) is 10.1 Å². The van der Waals surface area contributed by atoms with E-state index in [1.807, 2.05) is 0 Å². The second-order valence-electron chi connectivity index (χ2n) is 13.6. The third kappa shape index (κ3) is 15.7. The van der Waals surface area contributed by atoms with Gasteiger partial charge in [-0.25, -0.2) is 0 Å². The van der Waals surface area contributed by atoms with Gasteiger partial charge in [0.15, 0.2) is 2.14 Å². The Morgan fingerprint density at radius 2 is 0.243 bits per heavy atom. The van der Waals surface area contributed by atoms with E-state index in [9.17, 15) is 13.0 Å². The van der Waals surface area contributed by atoms with Crippen molar-refractivity contribution in [3.63, 3.8) is 0 Å². The van der Waals surface area contributed by atoms with E-state index in [4.69, 9.17) is 0 Å². The quantitative estimate of drug-likeness (QED) is 0.0868. The lowest BCUT2D eigenvalue weighted by Gasteiger charge is -2.63. The number of halogens is 47. The second kappa shape index (κ2) is 30.7. The van der Waals surface area contributed by atoms with Gasteiger partial charge in [0, 0.05) is 0 Å². The molecule has 74 heavy (non-hydrogen) atoms. The van der Waals surface area contributed by atoms with Crippen molar-refractivity contribution in [2.24, 2.45) is 0 Å². The van der Waals surface area contributed by atoms with Gasteiger partial charge in [-0.3, -0.25) is 4.55 Å². The standard InChI is InChI=1S/C23HBr47O3S/c24-1(25,2(26,27)4(30,31)6(34,35)8(38,39)10(42,43)12(46,47)14(50,51)16(54,55)18(58,59)20(62,63)22(66,67)68)3(28,29)5(32,33)7(36,37)9(40,41)11(44,45)13(48,49)15(52,53)17(56,57)19(60,61)21(64,65)23(69,70)74(71,72)73/h(H,71,72,73). The molecular weight excluding hydrogens is 4110 g/mol. The lowest BCUT2D eigenvalue weighted by molar-refractivity contribution is 0.470. The van der Waals surface area contributed by atoms with Crippen LogP contribution in [0.15, 0.2) is 0 Å². The van der Waals surface area contributed by atoms with Crippen molar-refractivity contribution < 1.29 is 13.0 Å². The largest absolute Gasteiger partial charge is 0.293 e. The van der Waals surface area contributed by atoms with E-state index in [-0.39, 0.29) is 0 Å². The predicted octanol–water partition coefficient (Wildman–Crippen LogP) is 34.4. The molecule has 446 valence electrons. The number of hydrogen-bond donors (Lipinski definition) is 1. The molecule has 0 unspecified atom stereocenters. The van der Waals surface area contributed by atoms with E-state index in [1.54, 1.807) is 0 Å². The van der Waals surface area contributed by atoms with Crippen LogP contribution in [0.2, 0.25) is 0 Å². The van der Waals surface area contributed by atoms with Crippen molar-refractivity contribution in [1.82, 2.24) is 0 Å². The highest BCUT2D eigenvalue weighted by Crippen LogP contribution is 2.86. The van der Waals surface area contributed by atoms with Crippen molar-refractivity contribution in [2.75, 3.05) is 0 Å². The molecule has 3 nitrogen and oxygen atoms in total. The van der Waals surface area contributed by atoms with Gasteiger partial charge in [0.05, 0.1) is 0 Å². The molecule has 0 aliphatic heterocycles. The molecule has 0 aromatic carbocycles. The van der Waals surface area contributed by atoms with E-state index in [0.717, 1.165) is 0 Å². The first-order valence-electron chi connectivity index (χ1n) is 15.1. The van der Waals surface area contributed by atoms with Crippen LogP contribution in [0, 0.1) is 0 Å². The van der Waals surface area contributed by atoms with Gasteiger partial charge < -0.3 is 0 Å². The third-order valence-electron chi connectivity index (χ3n) is 8.93. The van der Waals surface area contributed by atoms with Crippen LogP contribution in [-0.2, 0) is 10.1 Å². The average Bonchev–Trinajstić information content (AvgIpc) is 3.15.